The Morgan fingerprint density at radius 3 is 1.92 bits per heavy atom. The average Bonchev–Trinajstić information content (AvgIpc) is 3.52. The quantitative estimate of drug-likeness (QED) is 0.226. The molecule has 0 spiro atoms. The van der Waals surface area contributed by atoms with Gasteiger partial charge >= 0.3 is 0 Å². The second kappa shape index (κ2) is 7.69. The van der Waals surface area contributed by atoms with Crippen molar-refractivity contribution in [2.24, 2.45) is 0 Å². The van der Waals surface area contributed by atoms with Crippen LogP contribution < -0.4 is 0 Å². The molecule has 9 rings (SSSR count). The van der Waals surface area contributed by atoms with Gasteiger partial charge in [0.05, 0.1) is 11.0 Å². The molecule has 7 aromatic carbocycles. The van der Waals surface area contributed by atoms with Crippen LogP contribution in [0.2, 0.25) is 0 Å². The molecule has 1 heteroatoms. The molecule has 0 amide bonds. The molecule has 1 aromatic heterocycles. The van der Waals surface area contributed by atoms with E-state index in [9.17, 15) is 0 Å². The van der Waals surface area contributed by atoms with Gasteiger partial charge in [-0.15, -0.1) is 0 Å². The van der Waals surface area contributed by atoms with Crippen LogP contribution in [0.25, 0.3) is 82.4 Å². The predicted octanol–water partition coefficient (Wildman–Crippen LogP) is 10.4. The summed E-state index contributed by atoms with van der Waals surface area (Å²) in [6, 6.07) is 51.2. The molecule has 0 radical (unpaired) electrons. The first-order chi connectivity index (χ1) is 19.3. The summed E-state index contributed by atoms with van der Waals surface area (Å²) in [5.74, 6) is 0. The smallest absolute Gasteiger partial charge is 0.0547 e. The number of rotatable bonds is 2. The Balaban J connectivity index is 1.23. The first-order valence-corrected chi connectivity index (χ1v) is 13.5. The lowest BCUT2D eigenvalue weighted by Gasteiger charge is -2.11. The lowest BCUT2D eigenvalue weighted by Crippen LogP contribution is -1.93. The highest BCUT2D eigenvalue weighted by molar-refractivity contribution is 6.21. The first-order valence-electron chi connectivity index (χ1n) is 13.5. The highest BCUT2D eigenvalue weighted by Crippen LogP contribution is 2.48. The Bertz CT molecular complexity index is 2260. The van der Waals surface area contributed by atoms with Crippen LogP contribution >= 0.6 is 0 Å². The fraction of sp³-hybridized carbons (Fsp3) is 0. The van der Waals surface area contributed by atoms with Gasteiger partial charge in [0.25, 0.3) is 0 Å². The number of fused-ring (bicyclic) bond motifs is 8. The SMILES string of the molecule is c1ccc2c(c1)-c1cccc3cc(-c4ccc(-n5c6ccccc6c6c7ccccc7ccc65)cc4)cc-2c13. The minimum atomic E-state index is 1.18. The van der Waals surface area contributed by atoms with E-state index in [1.54, 1.807) is 0 Å². The van der Waals surface area contributed by atoms with E-state index in [1.165, 1.54) is 82.4 Å². The third-order valence-corrected chi connectivity index (χ3v) is 8.51. The van der Waals surface area contributed by atoms with E-state index in [0.717, 1.165) is 0 Å². The Kier molecular flexibility index (Phi) is 4.11. The molecule has 0 saturated heterocycles. The van der Waals surface area contributed by atoms with E-state index in [-0.39, 0.29) is 0 Å². The zero-order chi connectivity index (χ0) is 25.5. The van der Waals surface area contributed by atoms with Crippen LogP contribution in [0.15, 0.2) is 140 Å². The monoisotopic (exact) mass is 493 g/mol. The number of hydrogen-bond donors (Lipinski definition) is 0. The van der Waals surface area contributed by atoms with Crippen molar-refractivity contribution in [1.82, 2.24) is 4.57 Å². The Morgan fingerprint density at radius 1 is 0.359 bits per heavy atom. The van der Waals surface area contributed by atoms with E-state index in [1.807, 2.05) is 0 Å². The summed E-state index contributed by atoms with van der Waals surface area (Å²) in [6.45, 7) is 0. The summed E-state index contributed by atoms with van der Waals surface area (Å²) in [7, 11) is 0. The molecule has 39 heavy (non-hydrogen) atoms. The van der Waals surface area contributed by atoms with Crippen LogP contribution in [0.4, 0.5) is 0 Å². The molecule has 1 aliphatic carbocycles. The van der Waals surface area contributed by atoms with Gasteiger partial charge in [-0.25, -0.2) is 0 Å². The number of benzene rings is 7. The van der Waals surface area contributed by atoms with Crippen molar-refractivity contribution in [3.8, 4) is 39.1 Å². The third-order valence-electron chi connectivity index (χ3n) is 8.51. The van der Waals surface area contributed by atoms with Crippen molar-refractivity contribution in [1.29, 1.82) is 0 Å². The number of nitrogens with zero attached hydrogens (tertiary/aromatic N) is 1. The predicted molar refractivity (Wildman–Crippen MR) is 166 cm³/mol. The average molecular weight is 494 g/mol. The van der Waals surface area contributed by atoms with Gasteiger partial charge in [0.1, 0.15) is 0 Å². The van der Waals surface area contributed by atoms with Gasteiger partial charge in [-0.1, -0.05) is 103 Å². The third kappa shape index (κ3) is 2.85. The highest BCUT2D eigenvalue weighted by Gasteiger charge is 2.21. The first kappa shape index (κ1) is 20.9. The molecule has 1 heterocycles. The molecule has 0 atom stereocenters. The molecule has 8 aromatic rings. The van der Waals surface area contributed by atoms with Gasteiger partial charge in [-0.05, 0) is 91.3 Å². The van der Waals surface area contributed by atoms with Gasteiger partial charge in [0, 0.05) is 16.5 Å². The Hall–Kier alpha value is -5.14. The minimum absolute atomic E-state index is 1.18. The number of aromatic nitrogens is 1. The van der Waals surface area contributed by atoms with Crippen molar-refractivity contribution >= 4 is 43.4 Å². The van der Waals surface area contributed by atoms with Crippen LogP contribution in [-0.4, -0.2) is 4.57 Å². The van der Waals surface area contributed by atoms with Crippen molar-refractivity contribution in [2.75, 3.05) is 0 Å². The van der Waals surface area contributed by atoms with Crippen LogP contribution in [0.1, 0.15) is 0 Å². The van der Waals surface area contributed by atoms with Gasteiger partial charge in [0.15, 0.2) is 0 Å². The lowest BCUT2D eigenvalue weighted by molar-refractivity contribution is 1.18. The summed E-state index contributed by atoms with van der Waals surface area (Å²) >= 11 is 0. The molecule has 0 bridgehead atoms. The molecule has 1 nitrogen and oxygen atoms in total. The minimum Gasteiger partial charge on any atom is -0.309 e. The summed E-state index contributed by atoms with van der Waals surface area (Å²) in [4.78, 5) is 0. The molecular weight excluding hydrogens is 470 g/mol. The van der Waals surface area contributed by atoms with Crippen LogP contribution in [0, 0.1) is 0 Å². The molecule has 0 unspecified atom stereocenters. The van der Waals surface area contributed by atoms with Crippen LogP contribution in [-0.2, 0) is 0 Å². The standard InChI is InChI=1S/C38H23N/c1-2-10-29-25(8-1)18-21-36-38(29)33-13-5-6-15-35(33)39(36)28-19-16-24(17-20-28)27-22-26-9-7-14-32-30-11-3-4-12-31(30)34(23-27)37(26)32/h1-23H. The highest BCUT2D eigenvalue weighted by atomic mass is 15.0. The summed E-state index contributed by atoms with van der Waals surface area (Å²) < 4.78 is 2.41. The van der Waals surface area contributed by atoms with Crippen molar-refractivity contribution in [2.45, 2.75) is 0 Å². The largest absolute Gasteiger partial charge is 0.309 e. The van der Waals surface area contributed by atoms with E-state index < -0.39 is 0 Å². The topological polar surface area (TPSA) is 4.93 Å². The summed E-state index contributed by atoms with van der Waals surface area (Å²) in [5, 5.41) is 7.86. The van der Waals surface area contributed by atoms with Gasteiger partial charge in [-0.3, -0.25) is 0 Å². The maximum atomic E-state index is 2.41. The molecule has 1 aliphatic rings. The van der Waals surface area contributed by atoms with E-state index in [2.05, 4.69) is 144 Å². The molecular formula is C38H23N. The van der Waals surface area contributed by atoms with Crippen molar-refractivity contribution in [3.63, 3.8) is 0 Å². The lowest BCUT2D eigenvalue weighted by atomic mass is 9.96. The van der Waals surface area contributed by atoms with Gasteiger partial charge in [-0.2, -0.15) is 0 Å². The Morgan fingerprint density at radius 2 is 1.05 bits per heavy atom. The van der Waals surface area contributed by atoms with Gasteiger partial charge in [0.2, 0.25) is 0 Å². The molecule has 0 aliphatic heterocycles. The fourth-order valence-electron chi connectivity index (χ4n) is 6.80. The summed E-state index contributed by atoms with van der Waals surface area (Å²) in [5.41, 5.74) is 11.5. The summed E-state index contributed by atoms with van der Waals surface area (Å²) in [6.07, 6.45) is 0. The molecule has 0 saturated carbocycles. The normalized spacial score (nSPS) is 12.1. The van der Waals surface area contributed by atoms with Crippen LogP contribution in [0.3, 0.4) is 0 Å². The molecule has 180 valence electrons. The fourth-order valence-corrected chi connectivity index (χ4v) is 6.80. The maximum Gasteiger partial charge on any atom is 0.0547 e. The zero-order valence-corrected chi connectivity index (χ0v) is 21.2. The Labute approximate surface area is 226 Å². The number of para-hydroxylation sites is 1. The zero-order valence-electron chi connectivity index (χ0n) is 21.2. The second-order valence-corrected chi connectivity index (χ2v) is 10.6. The molecule has 0 fully saturated rings. The molecule has 0 N–H and O–H groups in total. The number of hydrogen-bond acceptors (Lipinski definition) is 0. The van der Waals surface area contributed by atoms with E-state index in [0.29, 0.717) is 0 Å². The van der Waals surface area contributed by atoms with Crippen molar-refractivity contribution in [3.05, 3.63) is 140 Å². The second-order valence-electron chi connectivity index (χ2n) is 10.6. The van der Waals surface area contributed by atoms with Crippen molar-refractivity contribution < 1.29 is 0 Å². The maximum absolute atomic E-state index is 2.41. The van der Waals surface area contributed by atoms with E-state index in [4.69, 9.17) is 0 Å². The van der Waals surface area contributed by atoms with E-state index >= 15 is 0 Å². The van der Waals surface area contributed by atoms with Crippen LogP contribution in [0.5, 0.6) is 0 Å². The van der Waals surface area contributed by atoms with Gasteiger partial charge < -0.3 is 4.57 Å².